The number of hydrogen-bond donors (Lipinski definition) is 0. The van der Waals surface area contributed by atoms with Crippen molar-refractivity contribution in [2.24, 2.45) is 0 Å². The smallest absolute Gasteiger partial charge is 0.123 e. The van der Waals surface area contributed by atoms with Crippen molar-refractivity contribution in [2.75, 3.05) is 39.3 Å². The number of hydrogen-bond acceptors (Lipinski definition) is 3. The fourth-order valence-corrected chi connectivity index (χ4v) is 4.05. The fourth-order valence-electron chi connectivity index (χ4n) is 4.05. The van der Waals surface area contributed by atoms with Gasteiger partial charge in [0.1, 0.15) is 17.7 Å². The highest BCUT2D eigenvalue weighted by atomic mass is 19.1. The molecule has 0 bridgehead atoms. The second-order valence-electron chi connectivity index (χ2n) is 8.31. The lowest BCUT2D eigenvalue weighted by Crippen LogP contribution is -2.45. The first-order valence-electron chi connectivity index (χ1n) is 11.5. The van der Waals surface area contributed by atoms with Crippen LogP contribution in [0.25, 0.3) is 0 Å². The van der Waals surface area contributed by atoms with Crippen LogP contribution < -0.4 is 0 Å². The molecule has 0 saturated carbocycles. The molecule has 1 saturated heterocycles. The lowest BCUT2D eigenvalue weighted by Gasteiger charge is -2.34. The van der Waals surface area contributed by atoms with E-state index in [0.717, 1.165) is 50.3 Å². The van der Waals surface area contributed by atoms with Gasteiger partial charge in [0.05, 0.1) is 6.61 Å². The van der Waals surface area contributed by atoms with Crippen LogP contribution in [0.1, 0.15) is 22.8 Å². The maximum absolute atomic E-state index is 13.4. The Hall–Kier alpha value is -3.02. The molecule has 4 rings (SSSR count). The molecule has 0 spiro atoms. The van der Waals surface area contributed by atoms with E-state index in [1.807, 2.05) is 6.07 Å². The molecule has 1 heterocycles. The average Bonchev–Trinajstić information content (AvgIpc) is 2.85. The highest BCUT2D eigenvalue weighted by molar-refractivity contribution is 5.30. The van der Waals surface area contributed by atoms with Gasteiger partial charge in [-0.05, 0) is 53.6 Å². The highest BCUT2D eigenvalue weighted by Gasteiger charge is 2.18. The molecule has 5 heteroatoms. The summed E-state index contributed by atoms with van der Waals surface area (Å²) >= 11 is 0. The van der Waals surface area contributed by atoms with Crippen LogP contribution in [0.4, 0.5) is 8.78 Å². The van der Waals surface area contributed by atoms with Gasteiger partial charge < -0.3 is 9.64 Å². The lowest BCUT2D eigenvalue weighted by atomic mass is 10.0. The molecule has 0 atom stereocenters. The summed E-state index contributed by atoms with van der Waals surface area (Å²) < 4.78 is 33.0. The molecule has 0 aliphatic carbocycles. The van der Waals surface area contributed by atoms with Gasteiger partial charge in [-0.1, -0.05) is 60.7 Å². The number of halogens is 2. The molecule has 0 radical (unpaired) electrons. The first kappa shape index (κ1) is 23.1. The van der Waals surface area contributed by atoms with E-state index in [-0.39, 0.29) is 17.7 Å². The average molecular weight is 449 g/mol. The van der Waals surface area contributed by atoms with Crippen LogP contribution in [-0.2, 0) is 11.2 Å². The fraction of sp³-hybridized carbons (Fsp3) is 0.286. The second kappa shape index (κ2) is 11.7. The summed E-state index contributed by atoms with van der Waals surface area (Å²) in [5.74, 6) is -0.570. The Balaban J connectivity index is 1.25. The molecule has 3 nitrogen and oxygen atoms in total. The standard InChI is InChI=1S/C28H30F2N2O/c29-26-12-8-24(9-13-26)28(25-10-14-27(30)15-11-25)33-22-21-32-19-17-31(18-20-32)16-4-7-23-5-2-1-3-6-23/h1-6,8-16,28H,7,17-22H2/b16-4+. The molecule has 0 amide bonds. The molecule has 1 fully saturated rings. The van der Waals surface area contributed by atoms with E-state index >= 15 is 0 Å². The second-order valence-corrected chi connectivity index (χ2v) is 8.31. The molecule has 1 aliphatic rings. The number of benzene rings is 3. The van der Waals surface area contributed by atoms with Gasteiger partial charge in [0.25, 0.3) is 0 Å². The molecule has 3 aromatic rings. The minimum absolute atomic E-state index is 0.285. The lowest BCUT2D eigenvalue weighted by molar-refractivity contribution is 0.0502. The normalized spacial score (nSPS) is 14.9. The van der Waals surface area contributed by atoms with Crippen molar-refractivity contribution in [1.82, 2.24) is 9.80 Å². The van der Waals surface area contributed by atoms with Crippen LogP contribution >= 0.6 is 0 Å². The third-order valence-electron chi connectivity index (χ3n) is 5.96. The summed E-state index contributed by atoms with van der Waals surface area (Å²) in [5.41, 5.74) is 3.04. The summed E-state index contributed by atoms with van der Waals surface area (Å²) in [7, 11) is 0. The first-order chi connectivity index (χ1) is 16.2. The summed E-state index contributed by atoms with van der Waals surface area (Å²) in [6.45, 7) is 5.31. The number of nitrogens with zero attached hydrogens (tertiary/aromatic N) is 2. The highest BCUT2D eigenvalue weighted by Crippen LogP contribution is 2.26. The van der Waals surface area contributed by atoms with Crippen LogP contribution in [0.3, 0.4) is 0 Å². The zero-order valence-corrected chi connectivity index (χ0v) is 18.7. The van der Waals surface area contributed by atoms with E-state index in [0.29, 0.717) is 6.61 Å². The minimum atomic E-state index is -0.353. The van der Waals surface area contributed by atoms with Gasteiger partial charge in [-0.2, -0.15) is 0 Å². The zero-order valence-electron chi connectivity index (χ0n) is 18.7. The zero-order chi connectivity index (χ0) is 22.9. The van der Waals surface area contributed by atoms with E-state index in [2.05, 4.69) is 46.3 Å². The molecular weight excluding hydrogens is 418 g/mol. The van der Waals surface area contributed by atoms with Crippen LogP contribution in [0.2, 0.25) is 0 Å². The van der Waals surface area contributed by atoms with E-state index in [9.17, 15) is 8.78 Å². The maximum atomic E-state index is 13.4. The Morgan fingerprint density at radius 2 is 1.33 bits per heavy atom. The van der Waals surface area contributed by atoms with Crippen molar-refractivity contribution in [3.05, 3.63) is 119 Å². The van der Waals surface area contributed by atoms with Crippen LogP contribution in [0.5, 0.6) is 0 Å². The number of piperazine rings is 1. The van der Waals surface area contributed by atoms with Gasteiger partial charge in [0.2, 0.25) is 0 Å². The van der Waals surface area contributed by atoms with Gasteiger partial charge >= 0.3 is 0 Å². The van der Waals surface area contributed by atoms with Crippen molar-refractivity contribution in [3.63, 3.8) is 0 Å². The summed E-state index contributed by atoms with van der Waals surface area (Å²) in [6.07, 6.45) is 5.03. The van der Waals surface area contributed by atoms with Crippen LogP contribution in [0.15, 0.2) is 91.1 Å². The van der Waals surface area contributed by atoms with E-state index in [4.69, 9.17) is 4.74 Å². The van der Waals surface area contributed by atoms with Gasteiger partial charge in [0, 0.05) is 32.7 Å². The third-order valence-corrected chi connectivity index (χ3v) is 5.96. The topological polar surface area (TPSA) is 15.7 Å². The number of ether oxygens (including phenoxy) is 1. The van der Waals surface area contributed by atoms with Gasteiger partial charge in [0.15, 0.2) is 0 Å². The monoisotopic (exact) mass is 448 g/mol. The van der Waals surface area contributed by atoms with Gasteiger partial charge in [-0.25, -0.2) is 8.78 Å². The van der Waals surface area contributed by atoms with E-state index < -0.39 is 0 Å². The third kappa shape index (κ3) is 6.98. The largest absolute Gasteiger partial charge is 0.375 e. The van der Waals surface area contributed by atoms with Crippen molar-refractivity contribution < 1.29 is 13.5 Å². The van der Waals surface area contributed by atoms with Crippen molar-refractivity contribution in [2.45, 2.75) is 12.5 Å². The van der Waals surface area contributed by atoms with Crippen LogP contribution in [-0.4, -0.2) is 49.1 Å². The number of rotatable bonds is 9. The molecular formula is C28H30F2N2O. The SMILES string of the molecule is Fc1ccc(C(OCCN2CCN(/C=C/Cc3ccccc3)CC2)c2ccc(F)cc2)cc1. The van der Waals surface area contributed by atoms with Crippen LogP contribution in [0, 0.1) is 11.6 Å². The van der Waals surface area contributed by atoms with Crippen molar-refractivity contribution in [1.29, 1.82) is 0 Å². The number of allylic oxidation sites excluding steroid dienone is 1. The quantitative estimate of drug-likeness (QED) is 0.433. The molecule has 3 aromatic carbocycles. The Morgan fingerprint density at radius 3 is 1.91 bits per heavy atom. The summed E-state index contributed by atoms with van der Waals surface area (Å²) in [4.78, 5) is 4.76. The predicted molar refractivity (Wildman–Crippen MR) is 128 cm³/mol. The molecule has 1 aliphatic heterocycles. The van der Waals surface area contributed by atoms with E-state index in [1.54, 1.807) is 24.3 Å². The Labute approximate surface area is 194 Å². The molecule has 0 N–H and O–H groups in total. The molecule has 33 heavy (non-hydrogen) atoms. The Kier molecular flexibility index (Phi) is 8.23. The van der Waals surface area contributed by atoms with Gasteiger partial charge in [-0.15, -0.1) is 0 Å². The maximum Gasteiger partial charge on any atom is 0.123 e. The van der Waals surface area contributed by atoms with E-state index in [1.165, 1.54) is 29.8 Å². The summed E-state index contributed by atoms with van der Waals surface area (Å²) in [5, 5.41) is 0. The Morgan fingerprint density at radius 1 is 0.758 bits per heavy atom. The predicted octanol–water partition coefficient (Wildman–Crippen LogP) is 5.44. The minimum Gasteiger partial charge on any atom is -0.375 e. The summed E-state index contributed by atoms with van der Waals surface area (Å²) in [6, 6.07) is 23.1. The van der Waals surface area contributed by atoms with Crippen molar-refractivity contribution >= 4 is 0 Å². The molecule has 172 valence electrons. The molecule has 0 unspecified atom stereocenters. The Bertz CT molecular complexity index is 953. The van der Waals surface area contributed by atoms with Gasteiger partial charge in [-0.3, -0.25) is 4.90 Å². The first-order valence-corrected chi connectivity index (χ1v) is 11.5. The van der Waals surface area contributed by atoms with Crippen molar-refractivity contribution in [3.8, 4) is 0 Å². The molecule has 0 aromatic heterocycles.